The van der Waals surface area contributed by atoms with Gasteiger partial charge in [-0.1, -0.05) is 0 Å². The van der Waals surface area contributed by atoms with E-state index in [0.29, 0.717) is 0 Å². The molecule has 2 aliphatic heterocycles. The maximum Gasteiger partial charge on any atom is 0.125 e. The molecule has 0 saturated carbocycles. The van der Waals surface area contributed by atoms with E-state index in [1.54, 1.807) is 0 Å². The Bertz CT molecular complexity index is 316. The highest BCUT2D eigenvalue weighted by Gasteiger charge is 2.18. The van der Waals surface area contributed by atoms with E-state index in [9.17, 15) is 0 Å². The summed E-state index contributed by atoms with van der Waals surface area (Å²) in [5.74, 6) is 2.32. The highest BCUT2D eigenvalue weighted by Crippen LogP contribution is 2.10. The fourth-order valence-electron chi connectivity index (χ4n) is 2.20. The second-order valence-electron chi connectivity index (χ2n) is 5.14. The molecule has 0 aliphatic carbocycles. The number of likely N-dealkylation sites (N-methyl/N-ethyl adjacent to an activating group) is 4. The molecule has 0 saturated heterocycles. The summed E-state index contributed by atoms with van der Waals surface area (Å²) in [5.41, 5.74) is 0. The van der Waals surface area contributed by atoms with E-state index in [-0.39, 0.29) is 0 Å². The maximum absolute atomic E-state index is 4.58. The van der Waals surface area contributed by atoms with E-state index in [0.717, 1.165) is 50.7 Å². The Balaban J connectivity index is 1.94. The van der Waals surface area contributed by atoms with Gasteiger partial charge in [0.05, 0.1) is 13.1 Å². The van der Waals surface area contributed by atoms with Crippen LogP contribution in [0.1, 0.15) is 12.8 Å². The third kappa shape index (κ3) is 3.05. The van der Waals surface area contributed by atoms with Crippen molar-refractivity contribution in [1.82, 2.24) is 19.8 Å². The predicted molar refractivity (Wildman–Crippen MR) is 74.6 cm³/mol. The van der Waals surface area contributed by atoms with E-state index in [2.05, 4.69) is 34.1 Å². The molecule has 0 fully saturated rings. The van der Waals surface area contributed by atoms with Gasteiger partial charge in [0.2, 0.25) is 0 Å². The zero-order chi connectivity index (χ0) is 13.1. The van der Waals surface area contributed by atoms with Gasteiger partial charge < -0.3 is 9.80 Å². The van der Waals surface area contributed by atoms with Crippen molar-refractivity contribution in [2.75, 3.05) is 54.4 Å². The lowest BCUT2D eigenvalue weighted by molar-refractivity contribution is 0.271. The Hall–Kier alpha value is -1.46. The largest absolute Gasteiger partial charge is 0.360 e. The molecule has 6 nitrogen and oxygen atoms in total. The summed E-state index contributed by atoms with van der Waals surface area (Å²) < 4.78 is 0. The average Bonchev–Trinajstić information content (AvgIpc) is 2.34. The molecule has 0 bridgehead atoms. The van der Waals surface area contributed by atoms with Crippen molar-refractivity contribution in [2.45, 2.75) is 12.8 Å². The highest BCUT2D eigenvalue weighted by molar-refractivity contribution is 5.89. The fraction of sp³-hybridized carbons (Fsp3) is 0.833. The van der Waals surface area contributed by atoms with Crippen molar-refractivity contribution >= 4 is 11.7 Å². The number of hydrazone groups is 2. The molecule has 0 spiro atoms. The molecule has 0 radical (unpaired) electrons. The van der Waals surface area contributed by atoms with Crippen LogP contribution >= 0.6 is 0 Å². The predicted octanol–water partition coefficient (Wildman–Crippen LogP) is 0.148. The van der Waals surface area contributed by atoms with Crippen LogP contribution in [0.4, 0.5) is 0 Å². The molecule has 0 N–H and O–H groups in total. The number of hydrogen-bond acceptors (Lipinski definition) is 6. The number of rotatable bonds is 3. The van der Waals surface area contributed by atoms with Crippen LogP contribution in [-0.4, -0.2) is 85.9 Å². The Morgan fingerprint density at radius 2 is 1.11 bits per heavy atom. The zero-order valence-corrected chi connectivity index (χ0v) is 11.9. The van der Waals surface area contributed by atoms with E-state index >= 15 is 0 Å². The van der Waals surface area contributed by atoms with Gasteiger partial charge in [0, 0.05) is 54.1 Å². The normalized spacial score (nSPS) is 21.1. The van der Waals surface area contributed by atoms with Gasteiger partial charge in [-0.3, -0.25) is 10.0 Å². The molecule has 2 rings (SSSR count). The molecular formula is C12H24N6. The lowest BCUT2D eigenvalue weighted by Crippen LogP contribution is -2.42. The zero-order valence-electron chi connectivity index (χ0n) is 11.9. The van der Waals surface area contributed by atoms with Gasteiger partial charge in [0.1, 0.15) is 11.7 Å². The van der Waals surface area contributed by atoms with Crippen LogP contribution in [-0.2, 0) is 0 Å². The van der Waals surface area contributed by atoms with Crippen molar-refractivity contribution in [3.8, 4) is 0 Å². The number of nitrogens with zero attached hydrogens (tertiary/aromatic N) is 6. The Morgan fingerprint density at radius 1 is 0.722 bits per heavy atom. The van der Waals surface area contributed by atoms with Crippen LogP contribution in [0.3, 0.4) is 0 Å². The highest BCUT2D eigenvalue weighted by atomic mass is 15.5. The molecule has 102 valence electrons. The molecule has 2 heterocycles. The molecular weight excluding hydrogens is 228 g/mol. The Morgan fingerprint density at radius 3 is 1.50 bits per heavy atom. The Kier molecular flexibility index (Phi) is 3.93. The summed E-state index contributed by atoms with van der Waals surface area (Å²) in [6.45, 7) is 4.11. The van der Waals surface area contributed by atoms with Gasteiger partial charge in [0.25, 0.3) is 0 Å². The first-order valence-electron chi connectivity index (χ1n) is 6.56. The minimum Gasteiger partial charge on any atom is -0.360 e. The first kappa shape index (κ1) is 13.0. The first-order valence-corrected chi connectivity index (χ1v) is 6.56. The SMILES string of the molecule is CN1CCN(C)C(CCC2=NN(C)CCN2C)=N1. The first-order chi connectivity index (χ1) is 8.56. The van der Waals surface area contributed by atoms with Crippen LogP contribution in [0.15, 0.2) is 10.2 Å². The van der Waals surface area contributed by atoms with Gasteiger partial charge in [-0.2, -0.15) is 10.2 Å². The van der Waals surface area contributed by atoms with E-state index in [1.165, 1.54) is 0 Å². The third-order valence-corrected chi connectivity index (χ3v) is 3.54. The van der Waals surface area contributed by atoms with Crippen LogP contribution in [0, 0.1) is 0 Å². The van der Waals surface area contributed by atoms with Crippen LogP contribution in [0.25, 0.3) is 0 Å². The monoisotopic (exact) mass is 252 g/mol. The lowest BCUT2D eigenvalue weighted by atomic mass is 10.2. The topological polar surface area (TPSA) is 37.7 Å². The fourth-order valence-corrected chi connectivity index (χ4v) is 2.20. The van der Waals surface area contributed by atoms with Crippen LogP contribution < -0.4 is 0 Å². The van der Waals surface area contributed by atoms with Gasteiger partial charge in [0.15, 0.2) is 0 Å². The Labute approximate surface area is 110 Å². The smallest absolute Gasteiger partial charge is 0.125 e. The molecule has 2 aliphatic rings. The molecule has 0 aromatic heterocycles. The molecule has 6 heteroatoms. The van der Waals surface area contributed by atoms with Crippen LogP contribution in [0.5, 0.6) is 0 Å². The standard InChI is InChI=1S/C12H24N6/c1-15-7-9-17(3)13-11(15)5-6-12-14-18(4)10-8-16(12)2/h5-10H2,1-4H3. The van der Waals surface area contributed by atoms with E-state index in [1.807, 2.05) is 24.1 Å². The van der Waals surface area contributed by atoms with Crippen molar-refractivity contribution in [3.63, 3.8) is 0 Å². The van der Waals surface area contributed by atoms with Gasteiger partial charge in [-0.05, 0) is 0 Å². The summed E-state index contributed by atoms with van der Waals surface area (Å²) in [6.07, 6.45) is 1.91. The van der Waals surface area contributed by atoms with Crippen molar-refractivity contribution in [2.24, 2.45) is 10.2 Å². The summed E-state index contributed by atoms with van der Waals surface area (Å²) >= 11 is 0. The van der Waals surface area contributed by atoms with E-state index < -0.39 is 0 Å². The third-order valence-electron chi connectivity index (χ3n) is 3.54. The maximum atomic E-state index is 4.58. The molecule has 0 atom stereocenters. The van der Waals surface area contributed by atoms with Crippen LogP contribution in [0.2, 0.25) is 0 Å². The minimum absolute atomic E-state index is 0.956. The summed E-state index contributed by atoms with van der Waals surface area (Å²) in [5, 5.41) is 13.2. The number of amidine groups is 2. The van der Waals surface area contributed by atoms with Gasteiger partial charge in [-0.25, -0.2) is 0 Å². The van der Waals surface area contributed by atoms with Crippen molar-refractivity contribution < 1.29 is 0 Å². The lowest BCUT2D eigenvalue weighted by Gasteiger charge is -2.32. The summed E-state index contributed by atoms with van der Waals surface area (Å²) in [6, 6.07) is 0. The molecule has 0 unspecified atom stereocenters. The van der Waals surface area contributed by atoms with Crippen molar-refractivity contribution in [1.29, 1.82) is 0 Å². The molecule has 0 aromatic carbocycles. The summed E-state index contributed by atoms with van der Waals surface area (Å²) in [4.78, 5) is 4.49. The second kappa shape index (κ2) is 5.46. The quantitative estimate of drug-likeness (QED) is 0.716. The number of hydrogen-bond donors (Lipinski definition) is 0. The second-order valence-corrected chi connectivity index (χ2v) is 5.14. The molecule has 18 heavy (non-hydrogen) atoms. The molecule has 0 amide bonds. The van der Waals surface area contributed by atoms with Gasteiger partial charge in [-0.15, -0.1) is 0 Å². The van der Waals surface area contributed by atoms with Crippen molar-refractivity contribution in [3.05, 3.63) is 0 Å². The minimum atomic E-state index is 0.956. The average molecular weight is 252 g/mol. The van der Waals surface area contributed by atoms with Gasteiger partial charge >= 0.3 is 0 Å². The molecule has 0 aromatic rings. The summed E-state index contributed by atoms with van der Waals surface area (Å²) in [7, 11) is 8.30. The van der Waals surface area contributed by atoms with E-state index in [4.69, 9.17) is 0 Å².